The van der Waals surface area contributed by atoms with E-state index in [1.54, 1.807) is 24.3 Å². The summed E-state index contributed by atoms with van der Waals surface area (Å²) < 4.78 is 5.17. The van der Waals surface area contributed by atoms with Gasteiger partial charge in [-0.15, -0.1) is 0 Å². The Kier molecular flexibility index (Phi) is 7.42. The van der Waals surface area contributed by atoms with Crippen molar-refractivity contribution in [2.45, 2.75) is 26.8 Å². The molecule has 0 bridgehead atoms. The molecule has 1 rings (SSSR count). The summed E-state index contributed by atoms with van der Waals surface area (Å²) in [5, 5.41) is 11.7. The van der Waals surface area contributed by atoms with E-state index in [1.807, 2.05) is 13.8 Å². The number of carboxylic acid groups (broad SMARTS) is 1. The van der Waals surface area contributed by atoms with Crippen molar-refractivity contribution in [1.82, 2.24) is 10.2 Å². The molecule has 0 aliphatic heterocycles. The Morgan fingerprint density at radius 1 is 1.20 bits per heavy atom. The number of carbonyl (C=O) groups excluding carboxylic acids is 2. The second kappa shape index (κ2) is 9.05. The van der Waals surface area contributed by atoms with Crippen molar-refractivity contribution in [3.05, 3.63) is 29.8 Å². The van der Waals surface area contributed by atoms with Gasteiger partial charge in [0.15, 0.2) is 0 Å². The van der Waals surface area contributed by atoms with Gasteiger partial charge < -0.3 is 20.1 Å². The van der Waals surface area contributed by atoms with E-state index in [2.05, 4.69) is 5.32 Å². The Bertz CT molecular complexity index is 630. The van der Waals surface area contributed by atoms with Crippen LogP contribution in [0.15, 0.2) is 24.3 Å². The second-order valence-corrected chi connectivity index (χ2v) is 6.35. The number of aliphatic carboxylic acids is 1. The summed E-state index contributed by atoms with van der Waals surface area (Å²) >= 11 is 0. The smallest absolute Gasteiger partial charge is 0.308 e. The SMILES string of the molecule is COc1ccccc1C(=O)NC(C(=O)N(C)CC(C)C(=O)O)C(C)C. The van der Waals surface area contributed by atoms with E-state index >= 15 is 0 Å². The lowest BCUT2D eigenvalue weighted by Crippen LogP contribution is -2.51. The van der Waals surface area contributed by atoms with Gasteiger partial charge >= 0.3 is 5.97 Å². The number of amides is 2. The topological polar surface area (TPSA) is 95.9 Å². The zero-order valence-electron chi connectivity index (χ0n) is 15.3. The lowest BCUT2D eigenvalue weighted by atomic mass is 10.0. The number of rotatable bonds is 8. The van der Waals surface area contributed by atoms with Crippen molar-refractivity contribution in [2.24, 2.45) is 11.8 Å². The van der Waals surface area contributed by atoms with Gasteiger partial charge in [-0.1, -0.05) is 32.9 Å². The summed E-state index contributed by atoms with van der Waals surface area (Å²) in [5.41, 5.74) is 0.338. The van der Waals surface area contributed by atoms with Crippen molar-refractivity contribution in [3.63, 3.8) is 0 Å². The number of likely N-dealkylation sites (N-methyl/N-ethyl adjacent to an activating group) is 1. The quantitative estimate of drug-likeness (QED) is 0.743. The number of carboxylic acids is 1. The first-order valence-corrected chi connectivity index (χ1v) is 8.10. The molecule has 7 nitrogen and oxygen atoms in total. The molecule has 2 atom stereocenters. The van der Waals surface area contributed by atoms with E-state index in [-0.39, 0.29) is 18.4 Å². The number of carbonyl (C=O) groups is 3. The van der Waals surface area contributed by atoms with Crippen molar-refractivity contribution in [1.29, 1.82) is 0 Å². The van der Waals surface area contributed by atoms with Crippen LogP contribution in [0.5, 0.6) is 5.75 Å². The Morgan fingerprint density at radius 3 is 2.32 bits per heavy atom. The summed E-state index contributed by atoms with van der Waals surface area (Å²) in [6.07, 6.45) is 0. The monoisotopic (exact) mass is 350 g/mol. The lowest BCUT2D eigenvalue weighted by Gasteiger charge is -2.28. The molecule has 0 spiro atoms. The molecular formula is C18H26N2O5. The number of hydrogen-bond donors (Lipinski definition) is 2. The first-order valence-electron chi connectivity index (χ1n) is 8.10. The molecule has 1 aromatic carbocycles. The molecule has 138 valence electrons. The highest BCUT2D eigenvalue weighted by atomic mass is 16.5. The number of ether oxygens (including phenoxy) is 1. The molecule has 0 aliphatic carbocycles. The first-order chi connectivity index (χ1) is 11.7. The zero-order valence-corrected chi connectivity index (χ0v) is 15.3. The minimum Gasteiger partial charge on any atom is -0.496 e. The molecule has 0 saturated carbocycles. The fraction of sp³-hybridized carbons (Fsp3) is 0.500. The van der Waals surface area contributed by atoms with Gasteiger partial charge in [-0.25, -0.2) is 0 Å². The van der Waals surface area contributed by atoms with Gasteiger partial charge in [-0.05, 0) is 18.1 Å². The minimum absolute atomic E-state index is 0.0713. The normalized spacial score (nSPS) is 13.0. The Hall–Kier alpha value is -2.57. The number of hydrogen-bond acceptors (Lipinski definition) is 4. The van der Waals surface area contributed by atoms with Crippen LogP contribution >= 0.6 is 0 Å². The molecule has 0 fully saturated rings. The van der Waals surface area contributed by atoms with Gasteiger partial charge in [0.2, 0.25) is 5.91 Å². The Labute approximate surface area is 148 Å². The van der Waals surface area contributed by atoms with Crippen LogP contribution in [0.25, 0.3) is 0 Å². The Balaban J connectivity index is 2.91. The third-order valence-corrected chi connectivity index (χ3v) is 3.92. The molecule has 0 saturated heterocycles. The number of para-hydroxylation sites is 1. The molecule has 7 heteroatoms. The summed E-state index contributed by atoms with van der Waals surface area (Å²) in [4.78, 5) is 37.5. The van der Waals surface area contributed by atoms with Crippen molar-refractivity contribution < 1.29 is 24.2 Å². The van der Waals surface area contributed by atoms with E-state index < -0.39 is 23.8 Å². The molecular weight excluding hydrogens is 324 g/mol. The lowest BCUT2D eigenvalue weighted by molar-refractivity contribution is -0.143. The summed E-state index contributed by atoms with van der Waals surface area (Å²) in [6.45, 7) is 5.24. The maximum absolute atomic E-state index is 12.7. The van der Waals surface area contributed by atoms with E-state index in [4.69, 9.17) is 9.84 Å². The summed E-state index contributed by atoms with van der Waals surface area (Å²) in [6, 6.07) is 5.99. The fourth-order valence-electron chi connectivity index (χ4n) is 2.38. The van der Waals surface area contributed by atoms with Crippen molar-refractivity contribution in [2.75, 3.05) is 20.7 Å². The van der Waals surface area contributed by atoms with Crippen LogP contribution < -0.4 is 10.1 Å². The molecule has 0 aromatic heterocycles. The van der Waals surface area contributed by atoms with Crippen LogP contribution in [0.3, 0.4) is 0 Å². The highest BCUT2D eigenvalue weighted by Gasteiger charge is 2.29. The van der Waals surface area contributed by atoms with Crippen LogP contribution in [0, 0.1) is 11.8 Å². The number of nitrogens with one attached hydrogen (secondary N) is 1. The van der Waals surface area contributed by atoms with Gasteiger partial charge in [-0.3, -0.25) is 14.4 Å². The number of benzene rings is 1. The highest BCUT2D eigenvalue weighted by Crippen LogP contribution is 2.18. The number of nitrogens with zero attached hydrogens (tertiary/aromatic N) is 1. The van der Waals surface area contributed by atoms with Gasteiger partial charge in [0.1, 0.15) is 11.8 Å². The minimum atomic E-state index is -0.973. The summed E-state index contributed by atoms with van der Waals surface area (Å²) in [7, 11) is 3.00. The molecule has 1 aromatic rings. The summed E-state index contributed by atoms with van der Waals surface area (Å²) in [5.74, 6) is -2.14. The van der Waals surface area contributed by atoms with Crippen LogP contribution in [0.4, 0.5) is 0 Å². The van der Waals surface area contributed by atoms with E-state index in [0.29, 0.717) is 11.3 Å². The third-order valence-electron chi connectivity index (χ3n) is 3.92. The maximum Gasteiger partial charge on any atom is 0.308 e. The molecule has 0 radical (unpaired) electrons. The standard InChI is InChI=1S/C18H26N2O5/c1-11(2)15(17(22)20(4)10-12(3)18(23)24)19-16(21)13-8-6-7-9-14(13)25-5/h6-9,11-12,15H,10H2,1-5H3,(H,19,21)(H,23,24). The molecule has 2 unspecified atom stereocenters. The second-order valence-electron chi connectivity index (χ2n) is 6.35. The van der Waals surface area contributed by atoms with Crippen LogP contribution in [-0.2, 0) is 9.59 Å². The van der Waals surface area contributed by atoms with Crippen molar-refractivity contribution >= 4 is 17.8 Å². The van der Waals surface area contributed by atoms with Gasteiger partial charge in [0.05, 0.1) is 18.6 Å². The average Bonchev–Trinajstić information content (AvgIpc) is 2.58. The molecule has 0 aliphatic rings. The largest absolute Gasteiger partial charge is 0.496 e. The molecule has 0 heterocycles. The predicted octanol–water partition coefficient (Wildman–Crippen LogP) is 1.63. The number of methoxy groups -OCH3 is 1. The molecule has 2 N–H and O–H groups in total. The zero-order chi connectivity index (χ0) is 19.1. The third kappa shape index (κ3) is 5.48. The van der Waals surface area contributed by atoms with E-state index in [9.17, 15) is 14.4 Å². The van der Waals surface area contributed by atoms with Gasteiger partial charge in [-0.2, -0.15) is 0 Å². The van der Waals surface area contributed by atoms with Crippen LogP contribution in [-0.4, -0.2) is 54.5 Å². The van der Waals surface area contributed by atoms with E-state index in [1.165, 1.54) is 26.0 Å². The maximum atomic E-state index is 12.7. The Morgan fingerprint density at radius 2 is 1.80 bits per heavy atom. The predicted molar refractivity (Wildman–Crippen MR) is 93.5 cm³/mol. The molecule has 2 amide bonds. The van der Waals surface area contributed by atoms with Gasteiger partial charge in [0, 0.05) is 13.6 Å². The van der Waals surface area contributed by atoms with E-state index in [0.717, 1.165) is 0 Å². The average molecular weight is 350 g/mol. The van der Waals surface area contributed by atoms with Crippen molar-refractivity contribution in [3.8, 4) is 5.75 Å². The fourth-order valence-corrected chi connectivity index (χ4v) is 2.38. The molecule has 25 heavy (non-hydrogen) atoms. The first kappa shape index (κ1) is 20.5. The van der Waals surface area contributed by atoms with Gasteiger partial charge in [0.25, 0.3) is 5.91 Å². The van der Waals surface area contributed by atoms with Crippen LogP contribution in [0.1, 0.15) is 31.1 Å². The highest BCUT2D eigenvalue weighted by molar-refractivity contribution is 5.99. The van der Waals surface area contributed by atoms with Crippen LogP contribution in [0.2, 0.25) is 0 Å².